The van der Waals surface area contributed by atoms with Gasteiger partial charge in [-0.1, -0.05) is 93.5 Å². The first-order chi connectivity index (χ1) is 45.7. The molecule has 3 aromatic carbocycles. The molecule has 2 spiro atoms. The van der Waals surface area contributed by atoms with Crippen molar-refractivity contribution in [2.75, 3.05) is 13.2 Å². The molecule has 0 radical (unpaired) electrons. The number of carbonyl (C=O) groups excluding carboxylic acids is 1. The van der Waals surface area contributed by atoms with Gasteiger partial charge < -0.3 is 66.0 Å². The molecule has 18 rings (SSSR count). The maximum atomic E-state index is 16.5. The van der Waals surface area contributed by atoms with Gasteiger partial charge in [-0.25, -0.2) is 4.79 Å². The summed E-state index contributed by atoms with van der Waals surface area (Å²) in [7, 11) is 0. The van der Waals surface area contributed by atoms with E-state index < -0.39 is 99.8 Å². The molecule has 95 heavy (non-hydrogen) atoms. The number of aromatic hydroxyl groups is 2. The molecule has 0 saturated heterocycles. The summed E-state index contributed by atoms with van der Waals surface area (Å²) in [6.45, 7) is 9.48. The largest absolute Gasteiger partial charge is 0.508 e. The third-order valence-corrected chi connectivity index (χ3v) is 26.4. The molecule has 498 valence electrons. The van der Waals surface area contributed by atoms with Crippen LogP contribution in [0.5, 0.6) is 17.2 Å². The summed E-state index contributed by atoms with van der Waals surface area (Å²) in [4.78, 5) is 31.5. The quantitative estimate of drug-likeness (QED) is 0.0550. The summed E-state index contributed by atoms with van der Waals surface area (Å²) in [5.74, 6) is -3.76. The van der Waals surface area contributed by atoms with Gasteiger partial charge in [-0.2, -0.15) is 0 Å². The minimum absolute atomic E-state index is 0.0153. The second-order valence-electron chi connectivity index (χ2n) is 31.6. The van der Waals surface area contributed by atoms with E-state index in [9.17, 15) is 35.7 Å². The molecule has 16 heteroatoms. The van der Waals surface area contributed by atoms with E-state index in [2.05, 4.69) is 98.4 Å². The lowest BCUT2D eigenvalue weighted by Gasteiger charge is -2.57. The lowest BCUT2D eigenvalue weighted by molar-refractivity contribution is -0.173. The van der Waals surface area contributed by atoms with Crippen molar-refractivity contribution in [1.82, 2.24) is 16.0 Å². The van der Waals surface area contributed by atoms with Crippen molar-refractivity contribution in [1.29, 1.82) is 0 Å². The van der Waals surface area contributed by atoms with Gasteiger partial charge >= 0.3 is 5.97 Å². The van der Waals surface area contributed by atoms with Crippen LogP contribution in [0.15, 0.2) is 145 Å². The zero-order valence-corrected chi connectivity index (χ0v) is 55.0. The average molecular weight is 1290 g/mol. The van der Waals surface area contributed by atoms with Gasteiger partial charge in [0.05, 0.1) is 24.4 Å². The SMILES string of the molecule is C/C=C(\C(=O)O[C@@H]1Cc2c3c(c4oc(CO)cc(=O)c4c2O)[C@H]2C4=CCNC(N)=C4[C@@H]([C@@H]4CCC5=C6C=C[C@@H](C)NC6NC=C5C[C@H]4[C@]1(C)O3)C1(CCCC1)Cc1ccc(O)cc1[C@H]2CO)[C@@]1(O)C[C@@H]2c3cccc4c3[C@]35C[C@H]1[C@H]2C=C3C=C[C@@](C[C@H](O)CC(C)C)(C5)[C@H]4O. The normalized spacial score (nSPS) is 36.5. The molecule has 6 heterocycles. The van der Waals surface area contributed by atoms with Gasteiger partial charge in [0.2, 0.25) is 0 Å². The predicted molar refractivity (Wildman–Crippen MR) is 358 cm³/mol. The van der Waals surface area contributed by atoms with E-state index in [1.807, 2.05) is 12.1 Å². The van der Waals surface area contributed by atoms with Crippen LogP contribution in [0, 0.1) is 46.3 Å². The van der Waals surface area contributed by atoms with Crippen LogP contribution in [0.3, 0.4) is 0 Å². The van der Waals surface area contributed by atoms with Crippen molar-refractivity contribution in [2.24, 2.45) is 52.1 Å². The minimum atomic E-state index is -1.70. The molecule has 9 bridgehead atoms. The number of phenolic OH excluding ortho intramolecular Hbond substituents is 2. The Kier molecular flexibility index (Phi) is 14.0. The van der Waals surface area contributed by atoms with Crippen molar-refractivity contribution in [3.8, 4) is 17.2 Å². The number of nitrogens with one attached hydrogen (secondary N) is 3. The molecule has 14 aliphatic rings. The molecule has 1 unspecified atom stereocenters. The fraction of sp³-hybridized carbons (Fsp3) is 0.519. The number of phenols is 2. The van der Waals surface area contributed by atoms with Crippen LogP contribution in [0.1, 0.15) is 180 Å². The lowest BCUT2D eigenvalue weighted by atomic mass is 9.47. The first-order valence-corrected chi connectivity index (χ1v) is 35.3. The first kappa shape index (κ1) is 61.4. The summed E-state index contributed by atoms with van der Waals surface area (Å²) >= 11 is 0. The molecule has 5 aliphatic heterocycles. The number of dihydropyridines is 2. The molecular weight excluding hydrogens is 1200 g/mol. The highest BCUT2D eigenvalue weighted by atomic mass is 16.6. The Bertz CT molecular complexity index is 4310. The maximum Gasteiger partial charge on any atom is 0.337 e. The highest BCUT2D eigenvalue weighted by Gasteiger charge is 2.69. The Hall–Kier alpha value is -7.18. The number of aliphatic hydroxyl groups excluding tert-OH is 4. The lowest BCUT2D eigenvalue weighted by Crippen LogP contribution is -2.60. The van der Waals surface area contributed by atoms with E-state index in [0.717, 1.165) is 75.8 Å². The summed E-state index contributed by atoms with van der Waals surface area (Å²) in [6, 6.07) is 13.1. The Balaban J connectivity index is 0.872. The van der Waals surface area contributed by atoms with E-state index >= 15 is 9.59 Å². The maximum absolute atomic E-state index is 16.5. The molecule has 16 nitrogen and oxygen atoms in total. The standard InChI is InChI=1S/C79H90N4O12/c1-6-57(79(92)32-55-47-10-9-11-51-66(47)78-33-59(79)53(55)26-42(78)18-22-77(37-78,71(51)90)31-44(87)24-38(2)3)74(91)94-61-29-54-68(89)64-60(88)28-45(35-84)93-70(64)65-62-50-19-23-81-72(80)63(50)67(76(20-7-8-21-76)30-40-13-14-43(86)27-52(40)56(62)36-85)49-17-16-46-41(25-58(49)75(61,5)95-69(54)65)34-82-73-48(46)15-12-39(4)83-73/h6,9-15,18-19,22,26-28,34,38-39,44,49,53,55-56,58-59,61-62,67,71,73,81-87,89-90,92H,7-8,16-17,20-21,23-25,29-33,35-37,80H2,1-5H3/b57-6+/t39-,44-,49-,53+,55-,56-,58-,59+,61-,62+,67-,71+,73?,75+,77-,78+,79+/m1/s1. The van der Waals surface area contributed by atoms with Crippen LogP contribution in [-0.2, 0) is 34.4 Å². The highest BCUT2D eigenvalue weighted by Crippen LogP contribution is 2.73. The molecule has 3 saturated carbocycles. The molecule has 0 amide bonds. The Labute approximate surface area is 554 Å². The number of esters is 1. The number of benzene rings is 3. The fourth-order valence-electron chi connectivity index (χ4n) is 22.8. The second-order valence-corrected chi connectivity index (χ2v) is 31.6. The number of nitrogens with two attached hydrogens (primary N) is 1. The van der Waals surface area contributed by atoms with Gasteiger partial charge in [-0.05, 0) is 200 Å². The van der Waals surface area contributed by atoms with Crippen LogP contribution in [-0.4, -0.2) is 90.5 Å². The fourth-order valence-corrected chi connectivity index (χ4v) is 22.8. The van der Waals surface area contributed by atoms with Crippen molar-refractivity contribution >= 4 is 16.9 Å². The summed E-state index contributed by atoms with van der Waals surface area (Å²) in [6.07, 6.45) is 22.6. The van der Waals surface area contributed by atoms with Gasteiger partial charge in [-0.15, -0.1) is 0 Å². The smallest absolute Gasteiger partial charge is 0.337 e. The molecule has 12 N–H and O–H groups in total. The topological polar surface area (TPSA) is 269 Å². The number of hydrogen-bond acceptors (Lipinski definition) is 16. The molecule has 1 aromatic heterocycles. The number of carbonyl (C=O) groups is 1. The molecule has 9 aliphatic carbocycles. The van der Waals surface area contributed by atoms with Crippen molar-refractivity contribution in [3.05, 3.63) is 191 Å². The summed E-state index contributed by atoms with van der Waals surface area (Å²) in [5, 5.41) is 97.6. The number of ether oxygens (including phenoxy) is 2. The van der Waals surface area contributed by atoms with E-state index in [0.29, 0.717) is 69.3 Å². The molecule has 4 aromatic rings. The van der Waals surface area contributed by atoms with Gasteiger partial charge in [-0.3, -0.25) is 10.1 Å². The van der Waals surface area contributed by atoms with Gasteiger partial charge in [0.15, 0.2) is 5.43 Å². The third kappa shape index (κ3) is 8.64. The average Bonchev–Trinajstić information content (AvgIpc) is 1.58. The molecule has 17 atom stereocenters. The molecular formula is C79H90N4O12. The molecule has 3 fully saturated rings. The van der Waals surface area contributed by atoms with Gasteiger partial charge in [0, 0.05) is 76.9 Å². The predicted octanol–water partition coefficient (Wildman–Crippen LogP) is 10.2. The monoisotopic (exact) mass is 1290 g/mol. The zero-order chi connectivity index (χ0) is 65.7. The highest BCUT2D eigenvalue weighted by molar-refractivity contribution is 5.93. The van der Waals surface area contributed by atoms with Crippen molar-refractivity contribution in [3.63, 3.8) is 0 Å². The number of allylic oxidation sites excluding steroid dienone is 8. The van der Waals surface area contributed by atoms with Crippen LogP contribution in [0.2, 0.25) is 0 Å². The van der Waals surface area contributed by atoms with E-state index in [1.54, 1.807) is 25.1 Å². The van der Waals surface area contributed by atoms with E-state index in [1.165, 1.54) is 17.2 Å². The van der Waals surface area contributed by atoms with E-state index in [4.69, 9.17) is 19.6 Å². The van der Waals surface area contributed by atoms with Crippen LogP contribution in [0.4, 0.5) is 0 Å². The first-order valence-electron chi connectivity index (χ1n) is 35.3. The van der Waals surface area contributed by atoms with Gasteiger partial charge in [0.25, 0.3) is 0 Å². The number of hydrogen-bond donors (Lipinski definition) is 11. The summed E-state index contributed by atoms with van der Waals surface area (Å²) < 4.78 is 22.3. The van der Waals surface area contributed by atoms with Gasteiger partial charge in [0.1, 0.15) is 69.9 Å². The number of fused-ring (bicyclic) bond motifs is 12. The van der Waals surface area contributed by atoms with Crippen molar-refractivity contribution in [2.45, 2.75) is 196 Å². The Morgan fingerprint density at radius 3 is 2.60 bits per heavy atom. The summed E-state index contributed by atoms with van der Waals surface area (Å²) in [5.41, 5.74) is 14.0. The Morgan fingerprint density at radius 2 is 1.82 bits per heavy atom. The van der Waals surface area contributed by atoms with Crippen molar-refractivity contribution < 1.29 is 54.4 Å². The third-order valence-electron chi connectivity index (χ3n) is 26.4. The van der Waals surface area contributed by atoms with Crippen LogP contribution in [0.25, 0.3) is 11.0 Å². The number of aliphatic hydroxyl groups is 5. The minimum Gasteiger partial charge on any atom is -0.508 e. The second kappa shape index (κ2) is 21.7. The van der Waals surface area contributed by atoms with Crippen LogP contribution < -0.4 is 31.8 Å². The zero-order valence-electron chi connectivity index (χ0n) is 55.0. The Morgan fingerprint density at radius 1 is 1.01 bits per heavy atom. The number of rotatable bonds is 9. The van der Waals surface area contributed by atoms with E-state index in [-0.39, 0.29) is 94.0 Å². The van der Waals surface area contributed by atoms with Crippen LogP contribution >= 0.6 is 0 Å².